The van der Waals surface area contributed by atoms with Gasteiger partial charge >= 0.3 is 5.97 Å². The summed E-state index contributed by atoms with van der Waals surface area (Å²) in [6.45, 7) is 3.90. The molecule has 3 rings (SSSR count). The highest BCUT2D eigenvalue weighted by molar-refractivity contribution is 6.31. The molecule has 1 heterocycles. The fourth-order valence-corrected chi connectivity index (χ4v) is 2.45. The molecule has 0 saturated carbocycles. The Morgan fingerprint density at radius 3 is 2.71 bits per heavy atom. The van der Waals surface area contributed by atoms with Crippen LogP contribution < -0.4 is 4.74 Å². The summed E-state index contributed by atoms with van der Waals surface area (Å²) in [6, 6.07) is 14.5. The van der Waals surface area contributed by atoms with E-state index in [2.05, 4.69) is 4.99 Å². The number of aliphatic imine (C=N–C) groups is 1. The Balaban J connectivity index is 1.95. The van der Waals surface area contributed by atoms with Gasteiger partial charge in [0, 0.05) is 16.1 Å². The first-order chi connectivity index (χ1) is 11.5. The third kappa shape index (κ3) is 3.66. The van der Waals surface area contributed by atoms with Crippen LogP contribution in [-0.2, 0) is 9.53 Å². The van der Waals surface area contributed by atoms with Gasteiger partial charge in [-0.05, 0) is 44.2 Å². The summed E-state index contributed by atoms with van der Waals surface area (Å²) in [7, 11) is 0. The number of carbonyl (C=O) groups excluding carboxylic acids is 1. The lowest BCUT2D eigenvalue weighted by Crippen LogP contribution is -2.07. The van der Waals surface area contributed by atoms with E-state index in [1.54, 1.807) is 30.3 Å². The van der Waals surface area contributed by atoms with Crippen molar-refractivity contribution in [1.82, 2.24) is 0 Å². The van der Waals surface area contributed by atoms with E-state index in [0.717, 1.165) is 5.56 Å². The van der Waals surface area contributed by atoms with Gasteiger partial charge in [0.15, 0.2) is 5.70 Å². The van der Waals surface area contributed by atoms with E-state index < -0.39 is 5.97 Å². The number of cyclic esters (lactones) is 1. The summed E-state index contributed by atoms with van der Waals surface area (Å²) < 4.78 is 11.0. The maximum Gasteiger partial charge on any atom is 0.363 e. The summed E-state index contributed by atoms with van der Waals surface area (Å²) in [5, 5.41) is 0.555. The molecule has 24 heavy (non-hydrogen) atoms. The Bertz CT molecular complexity index is 840. The topological polar surface area (TPSA) is 47.9 Å². The second-order valence-electron chi connectivity index (χ2n) is 5.55. The number of esters is 1. The second kappa shape index (κ2) is 6.89. The first-order valence-corrected chi connectivity index (χ1v) is 7.95. The molecule has 0 amide bonds. The molecular weight excluding hydrogens is 326 g/mol. The molecule has 0 aliphatic carbocycles. The van der Waals surface area contributed by atoms with Crippen LogP contribution in [0.3, 0.4) is 0 Å². The van der Waals surface area contributed by atoms with Crippen LogP contribution in [0.15, 0.2) is 59.2 Å². The maximum atomic E-state index is 12.1. The van der Waals surface area contributed by atoms with Gasteiger partial charge in [0.25, 0.3) is 0 Å². The van der Waals surface area contributed by atoms with Crippen LogP contribution in [0.25, 0.3) is 6.08 Å². The zero-order valence-corrected chi connectivity index (χ0v) is 14.1. The second-order valence-corrected chi connectivity index (χ2v) is 5.99. The third-order valence-electron chi connectivity index (χ3n) is 3.27. The van der Waals surface area contributed by atoms with E-state index in [9.17, 15) is 4.79 Å². The van der Waals surface area contributed by atoms with Gasteiger partial charge in [0.05, 0.1) is 6.10 Å². The van der Waals surface area contributed by atoms with Crippen LogP contribution in [0.4, 0.5) is 0 Å². The van der Waals surface area contributed by atoms with Crippen LogP contribution in [0.2, 0.25) is 5.02 Å². The van der Waals surface area contributed by atoms with Crippen molar-refractivity contribution in [3.8, 4) is 5.75 Å². The number of ether oxygens (including phenoxy) is 2. The van der Waals surface area contributed by atoms with Gasteiger partial charge in [0.2, 0.25) is 5.90 Å². The van der Waals surface area contributed by atoms with Crippen molar-refractivity contribution in [2.45, 2.75) is 20.0 Å². The maximum absolute atomic E-state index is 12.1. The van der Waals surface area contributed by atoms with Crippen LogP contribution in [0.5, 0.6) is 5.75 Å². The lowest BCUT2D eigenvalue weighted by atomic mass is 10.1. The lowest BCUT2D eigenvalue weighted by Gasteiger charge is -2.12. The first kappa shape index (κ1) is 16.3. The summed E-state index contributed by atoms with van der Waals surface area (Å²) in [5.74, 6) is 0.444. The molecule has 0 aromatic heterocycles. The minimum atomic E-state index is -0.496. The Labute approximate surface area is 145 Å². The monoisotopic (exact) mass is 341 g/mol. The predicted molar refractivity (Wildman–Crippen MR) is 94.3 cm³/mol. The molecule has 0 bridgehead atoms. The average molecular weight is 342 g/mol. The van der Waals surface area contributed by atoms with Crippen molar-refractivity contribution in [2.75, 3.05) is 0 Å². The Hall–Kier alpha value is -2.59. The zero-order valence-electron chi connectivity index (χ0n) is 13.3. The highest BCUT2D eigenvalue weighted by Crippen LogP contribution is 2.25. The number of nitrogens with zero attached hydrogens (tertiary/aromatic N) is 1. The number of hydrogen-bond acceptors (Lipinski definition) is 4. The third-order valence-corrected chi connectivity index (χ3v) is 3.50. The minimum Gasteiger partial charge on any atom is -0.490 e. The first-order valence-electron chi connectivity index (χ1n) is 7.57. The van der Waals surface area contributed by atoms with E-state index in [0.29, 0.717) is 16.3 Å². The van der Waals surface area contributed by atoms with Crippen LogP contribution in [0.1, 0.15) is 25.0 Å². The molecule has 0 saturated heterocycles. The Kier molecular flexibility index (Phi) is 4.67. The van der Waals surface area contributed by atoms with Crippen molar-refractivity contribution >= 4 is 29.5 Å². The molecule has 0 fully saturated rings. The predicted octanol–water partition coefficient (Wildman–Crippen LogP) is 4.47. The highest BCUT2D eigenvalue weighted by atomic mass is 35.5. The fourth-order valence-electron chi connectivity index (χ4n) is 2.26. The van der Waals surface area contributed by atoms with Crippen molar-refractivity contribution < 1.29 is 14.3 Å². The van der Waals surface area contributed by atoms with Crippen LogP contribution in [-0.4, -0.2) is 18.0 Å². The quantitative estimate of drug-likeness (QED) is 0.609. The van der Waals surface area contributed by atoms with Gasteiger partial charge in [-0.25, -0.2) is 9.79 Å². The highest BCUT2D eigenvalue weighted by Gasteiger charge is 2.24. The SMILES string of the molecule is CC(C)Oc1ccccc1/C=C1\N=C(c2cccc(Cl)c2)OC1=O. The zero-order chi connectivity index (χ0) is 17.1. The standard InChI is InChI=1S/C19H16ClNO3/c1-12(2)23-17-9-4-3-6-13(17)11-16-19(22)24-18(21-16)14-7-5-8-15(20)10-14/h3-12H,1-2H3/b16-11-. The fraction of sp³-hybridized carbons (Fsp3) is 0.158. The Morgan fingerprint density at radius 1 is 1.17 bits per heavy atom. The van der Waals surface area contributed by atoms with Crippen molar-refractivity contribution in [1.29, 1.82) is 0 Å². The van der Waals surface area contributed by atoms with Gasteiger partial charge in [-0.15, -0.1) is 0 Å². The van der Waals surface area contributed by atoms with E-state index in [1.165, 1.54) is 0 Å². The van der Waals surface area contributed by atoms with E-state index in [1.807, 2.05) is 38.1 Å². The number of hydrogen-bond donors (Lipinski definition) is 0. The lowest BCUT2D eigenvalue weighted by molar-refractivity contribution is -0.129. The molecule has 2 aromatic carbocycles. The van der Waals surface area contributed by atoms with Crippen molar-refractivity contribution in [3.05, 3.63) is 70.4 Å². The van der Waals surface area contributed by atoms with Gasteiger partial charge in [-0.2, -0.15) is 0 Å². The molecule has 0 N–H and O–H groups in total. The van der Waals surface area contributed by atoms with Gasteiger partial charge in [0.1, 0.15) is 5.75 Å². The normalized spacial score (nSPS) is 15.6. The summed E-state index contributed by atoms with van der Waals surface area (Å²) in [6.07, 6.45) is 1.70. The van der Waals surface area contributed by atoms with Crippen molar-refractivity contribution in [2.24, 2.45) is 4.99 Å². The van der Waals surface area contributed by atoms with E-state index in [4.69, 9.17) is 21.1 Å². The molecule has 0 spiro atoms. The van der Waals surface area contributed by atoms with Gasteiger partial charge in [-0.3, -0.25) is 0 Å². The molecule has 1 aliphatic rings. The summed E-state index contributed by atoms with van der Waals surface area (Å²) >= 11 is 5.97. The molecule has 2 aromatic rings. The molecule has 4 nitrogen and oxygen atoms in total. The number of para-hydroxylation sites is 1. The average Bonchev–Trinajstić information content (AvgIpc) is 2.90. The van der Waals surface area contributed by atoms with E-state index in [-0.39, 0.29) is 17.7 Å². The summed E-state index contributed by atoms with van der Waals surface area (Å²) in [4.78, 5) is 16.4. The molecule has 122 valence electrons. The Morgan fingerprint density at radius 2 is 1.96 bits per heavy atom. The molecule has 1 aliphatic heterocycles. The molecule has 0 unspecified atom stereocenters. The number of carbonyl (C=O) groups is 1. The largest absolute Gasteiger partial charge is 0.490 e. The van der Waals surface area contributed by atoms with Crippen LogP contribution in [0, 0.1) is 0 Å². The van der Waals surface area contributed by atoms with Gasteiger partial charge < -0.3 is 9.47 Å². The van der Waals surface area contributed by atoms with Gasteiger partial charge in [-0.1, -0.05) is 35.9 Å². The number of halogens is 1. The smallest absolute Gasteiger partial charge is 0.363 e. The van der Waals surface area contributed by atoms with Crippen molar-refractivity contribution in [3.63, 3.8) is 0 Å². The number of rotatable bonds is 4. The summed E-state index contributed by atoms with van der Waals surface area (Å²) in [5.41, 5.74) is 1.66. The molecular formula is C19H16ClNO3. The molecule has 0 radical (unpaired) electrons. The molecule has 0 atom stereocenters. The molecule has 5 heteroatoms. The van der Waals surface area contributed by atoms with Crippen LogP contribution >= 0.6 is 11.6 Å². The minimum absolute atomic E-state index is 0.0330. The van der Waals surface area contributed by atoms with E-state index >= 15 is 0 Å². The number of benzene rings is 2.